The molecule has 0 aromatic carbocycles. The predicted octanol–water partition coefficient (Wildman–Crippen LogP) is -13.8. The van der Waals surface area contributed by atoms with Crippen LogP contribution in [0, 0.1) is 0 Å². The van der Waals surface area contributed by atoms with Crippen molar-refractivity contribution in [2.75, 3.05) is 13.2 Å². The van der Waals surface area contributed by atoms with Gasteiger partial charge in [-0.05, 0) is 13.8 Å². The number of hydrogen-bond donors (Lipinski definition) is 12. The smallest absolute Gasteiger partial charge is 0.547 e. The Morgan fingerprint density at radius 3 is 0.775 bits per heavy atom. The topological polar surface area (TPSA) is 403 Å². The first kappa shape index (κ1) is 51.9. The summed E-state index contributed by atoms with van der Waals surface area (Å²) in [6.07, 6.45) is -18.8. The molecule has 0 aliphatic heterocycles. The summed E-state index contributed by atoms with van der Waals surface area (Å²) in [4.78, 5) is 38.6. The zero-order chi connectivity index (χ0) is 31.5. The van der Waals surface area contributed by atoms with Crippen molar-refractivity contribution in [3.8, 4) is 0 Å². The summed E-state index contributed by atoms with van der Waals surface area (Å²) >= 11 is 0. The van der Waals surface area contributed by atoms with Gasteiger partial charge in [-0.2, -0.15) is 0 Å². The molecular formula is C18H32CaFeO20. The molecule has 0 fully saturated rings. The summed E-state index contributed by atoms with van der Waals surface area (Å²) in [6.45, 7) is 0.542. The first-order valence-electron chi connectivity index (χ1n) is 9.97. The Morgan fingerprint density at radius 1 is 0.500 bits per heavy atom. The van der Waals surface area contributed by atoms with Gasteiger partial charge < -0.3 is 101 Å². The minimum Gasteiger partial charge on any atom is -0.547 e. The van der Waals surface area contributed by atoms with Gasteiger partial charge in [0.05, 0.1) is 49.3 Å². The molecule has 0 amide bonds. The first-order valence-corrected chi connectivity index (χ1v) is 9.97. The summed E-state index contributed by atoms with van der Waals surface area (Å²) in [6, 6.07) is 0. The van der Waals surface area contributed by atoms with Crippen LogP contribution in [0.15, 0.2) is 0 Å². The molecule has 0 saturated carbocycles. The van der Waals surface area contributed by atoms with E-state index in [9.17, 15) is 39.6 Å². The van der Waals surface area contributed by atoms with Crippen molar-refractivity contribution in [3.63, 3.8) is 0 Å². The van der Waals surface area contributed by atoms with E-state index in [1.54, 1.807) is 0 Å². The van der Waals surface area contributed by atoms with Crippen molar-refractivity contribution >= 4 is 61.6 Å². The monoisotopic (exact) mass is 664 g/mol. The molecule has 0 aliphatic carbocycles. The third-order valence-electron chi connectivity index (χ3n) is 3.67. The van der Waals surface area contributed by atoms with E-state index >= 15 is 0 Å². The van der Waals surface area contributed by atoms with Crippen LogP contribution in [0.5, 0.6) is 0 Å². The van der Waals surface area contributed by atoms with E-state index in [0.29, 0.717) is 0 Å². The van der Waals surface area contributed by atoms with Gasteiger partial charge in [-0.1, -0.05) is 0 Å². The van der Waals surface area contributed by atoms with Crippen LogP contribution in [0.4, 0.5) is 0 Å². The summed E-state index contributed by atoms with van der Waals surface area (Å²) in [7, 11) is 0. The van der Waals surface area contributed by atoms with Crippen LogP contribution in [0.1, 0.15) is 13.8 Å². The van der Waals surface area contributed by atoms with E-state index in [0.717, 1.165) is 13.8 Å². The molecule has 0 heterocycles. The van der Waals surface area contributed by atoms with Crippen LogP contribution >= 0.6 is 0 Å². The fraction of sp³-hybridized carbons (Fsp3) is 0.778. The first-order chi connectivity index (χ1) is 17.1. The Kier molecular flexibility index (Phi) is 36.7. The second-order valence-corrected chi connectivity index (χ2v) is 6.98. The maximum Gasteiger partial charge on any atom is 2.00 e. The Labute approximate surface area is 266 Å². The Hall–Kier alpha value is -0.821. The summed E-state index contributed by atoms with van der Waals surface area (Å²) in [5.41, 5.74) is 0. The zero-order valence-electron chi connectivity index (χ0n) is 20.9. The predicted molar refractivity (Wildman–Crippen MR) is 111 cm³/mol. The van der Waals surface area contributed by atoms with Crippen LogP contribution in [-0.4, -0.2) is 197 Å². The molecule has 0 aromatic heterocycles. The van der Waals surface area contributed by atoms with Crippen molar-refractivity contribution in [3.05, 3.63) is 0 Å². The molecule has 0 bridgehead atoms. The van der Waals surface area contributed by atoms with Crippen LogP contribution in [-0.2, 0) is 36.2 Å². The minimum absolute atomic E-state index is 0. The summed E-state index contributed by atoms with van der Waals surface area (Å²) in [5.74, 6) is -6.82. The second kappa shape index (κ2) is 28.3. The molecule has 0 saturated heterocycles. The molecule has 0 rings (SSSR count). The van der Waals surface area contributed by atoms with Crippen molar-refractivity contribution in [1.29, 1.82) is 0 Å². The van der Waals surface area contributed by atoms with Crippen LogP contribution in [0.2, 0.25) is 0 Å². The van der Waals surface area contributed by atoms with Crippen molar-refractivity contribution in [2.24, 2.45) is 0 Å². The molecule has 0 aromatic rings. The van der Waals surface area contributed by atoms with E-state index in [4.69, 9.17) is 61.3 Å². The van der Waals surface area contributed by atoms with E-state index in [1.165, 1.54) is 0 Å². The van der Waals surface area contributed by atoms with E-state index < -0.39 is 98.1 Å². The van der Waals surface area contributed by atoms with Gasteiger partial charge in [-0.25, -0.2) is 0 Å². The van der Waals surface area contributed by atoms with E-state index in [1.807, 2.05) is 0 Å². The standard InChI is InChI=1S/2C6H12O7.2C3H6O3.Ca.Fe/c2*7-1-2(8)3(9)4(10)5(11)6(12)13;2*1-2(4)3(5)6;;/h2*2-5,7-11H,1H2,(H,12,13);2*2,4H,1H3,(H,5,6);;/q;;;;2*+2/p-4/t2*2-,3-,4+,5-;;;;/m11..../s1. The molecule has 2 unspecified atom stereocenters. The molecule has 20 nitrogen and oxygen atoms in total. The Balaban J connectivity index is -0.000000101. The van der Waals surface area contributed by atoms with Gasteiger partial charge in [0.15, 0.2) is 0 Å². The van der Waals surface area contributed by atoms with Gasteiger partial charge in [0.25, 0.3) is 0 Å². The second-order valence-electron chi connectivity index (χ2n) is 6.98. The van der Waals surface area contributed by atoms with Crippen LogP contribution in [0.25, 0.3) is 0 Å². The van der Waals surface area contributed by atoms with Crippen molar-refractivity contribution in [2.45, 2.75) is 74.9 Å². The number of carbonyl (C=O) groups is 4. The third kappa shape index (κ3) is 26.1. The number of aliphatic hydroxyl groups is 12. The van der Waals surface area contributed by atoms with Gasteiger partial charge in [-0.3, -0.25) is 0 Å². The van der Waals surface area contributed by atoms with E-state index in [-0.39, 0.29) is 54.8 Å². The van der Waals surface area contributed by atoms with E-state index in [2.05, 4.69) is 0 Å². The maximum absolute atomic E-state index is 9.98. The average molecular weight is 664 g/mol. The molecular weight excluding hydrogens is 632 g/mol. The number of rotatable bonds is 12. The van der Waals surface area contributed by atoms with Crippen LogP contribution in [0.3, 0.4) is 0 Å². The maximum atomic E-state index is 9.98. The van der Waals surface area contributed by atoms with Gasteiger partial charge >= 0.3 is 54.8 Å². The molecule has 0 spiro atoms. The minimum atomic E-state index is -2.31. The van der Waals surface area contributed by atoms with Crippen molar-refractivity contribution in [1.82, 2.24) is 0 Å². The quantitative estimate of drug-likeness (QED) is 0.0861. The average Bonchev–Trinajstić information content (AvgIpc) is 2.85. The molecule has 10 atom stereocenters. The Bertz CT molecular complexity index is 626. The summed E-state index contributed by atoms with van der Waals surface area (Å²) < 4.78 is 0. The zero-order valence-corrected chi connectivity index (χ0v) is 24.2. The van der Waals surface area contributed by atoms with Crippen LogP contribution < -0.4 is 20.4 Å². The van der Waals surface area contributed by atoms with Crippen molar-refractivity contribution < 1.29 is 118 Å². The number of carbonyl (C=O) groups excluding carboxylic acids is 4. The number of carboxylic acids is 4. The van der Waals surface area contributed by atoms with Gasteiger partial charge in [0.1, 0.15) is 48.8 Å². The molecule has 12 N–H and O–H groups in total. The third-order valence-corrected chi connectivity index (χ3v) is 3.67. The number of carboxylic acid groups (broad SMARTS) is 4. The number of aliphatic hydroxyl groups excluding tert-OH is 12. The fourth-order valence-corrected chi connectivity index (χ4v) is 1.32. The molecule has 0 aliphatic rings. The van der Waals surface area contributed by atoms with Gasteiger partial charge in [0.2, 0.25) is 0 Å². The largest absolute Gasteiger partial charge is 2.00 e. The SMILES string of the molecule is CC(O)C(=O)[O-].CC(O)C(=O)[O-].O=C([O-])[C@H](O)[C@@H](O)[C@H](O)[C@H](O)CO.O=C([O-])[C@H](O)[C@@H](O)[C@H](O)[C@H](O)CO.[Ca+2].[Fe+2]. The molecule has 22 heteroatoms. The molecule has 40 heavy (non-hydrogen) atoms. The normalized spacial score (nSPS) is 17.4. The number of hydrogen-bond acceptors (Lipinski definition) is 20. The number of aliphatic carboxylic acids is 4. The molecule has 234 valence electrons. The Morgan fingerprint density at radius 2 is 0.675 bits per heavy atom. The molecule has 0 radical (unpaired) electrons. The summed E-state index contributed by atoms with van der Waals surface area (Å²) in [5, 5.41) is 141. The fourth-order valence-electron chi connectivity index (χ4n) is 1.32. The van der Waals surface area contributed by atoms with Gasteiger partial charge in [0, 0.05) is 0 Å². The van der Waals surface area contributed by atoms with Gasteiger partial charge in [-0.15, -0.1) is 0 Å².